The summed E-state index contributed by atoms with van der Waals surface area (Å²) in [6.45, 7) is 0. The van der Waals surface area contributed by atoms with Crippen molar-refractivity contribution in [3.63, 3.8) is 0 Å². The van der Waals surface area contributed by atoms with Gasteiger partial charge in [0, 0.05) is 62.6 Å². The van der Waals surface area contributed by atoms with E-state index in [1.807, 2.05) is 22.7 Å². The number of nitrogens with zero attached hydrogens (tertiary/aromatic N) is 3. The predicted molar refractivity (Wildman–Crippen MR) is 281 cm³/mol. The van der Waals surface area contributed by atoms with E-state index in [0.29, 0.717) is 17.5 Å². The molecule has 5 heteroatoms. The van der Waals surface area contributed by atoms with Crippen LogP contribution < -0.4 is 0 Å². The highest BCUT2D eigenvalue weighted by atomic mass is 32.1. The van der Waals surface area contributed by atoms with Gasteiger partial charge in [-0.15, -0.1) is 22.7 Å². The minimum absolute atomic E-state index is 0.617. The van der Waals surface area contributed by atoms with Crippen LogP contribution in [0.5, 0.6) is 0 Å². The summed E-state index contributed by atoms with van der Waals surface area (Å²) in [6, 6.07) is 80.3. The molecule has 0 aliphatic carbocycles. The second-order valence-electron chi connectivity index (χ2n) is 16.7. The van der Waals surface area contributed by atoms with Gasteiger partial charge in [0.25, 0.3) is 0 Å². The van der Waals surface area contributed by atoms with Crippen molar-refractivity contribution in [1.29, 1.82) is 0 Å². The summed E-state index contributed by atoms with van der Waals surface area (Å²) in [7, 11) is 0. The zero-order valence-electron chi connectivity index (χ0n) is 35.5. The van der Waals surface area contributed by atoms with E-state index in [4.69, 9.17) is 15.0 Å². The van der Waals surface area contributed by atoms with Crippen molar-refractivity contribution in [3.8, 4) is 78.7 Å². The first-order valence-electron chi connectivity index (χ1n) is 22.2. The molecule has 0 atom stereocenters. The second-order valence-corrected chi connectivity index (χ2v) is 18.8. The number of thiophene rings is 2. The van der Waals surface area contributed by atoms with Gasteiger partial charge in [-0.3, -0.25) is 0 Å². The first-order chi connectivity index (χ1) is 32.7. The molecule has 0 aliphatic rings. The van der Waals surface area contributed by atoms with Gasteiger partial charge in [0.1, 0.15) is 0 Å². The van der Waals surface area contributed by atoms with Gasteiger partial charge in [-0.05, 0) is 86.1 Å². The molecular weight excluding hydrogens is 839 g/mol. The smallest absolute Gasteiger partial charge is 0.164 e. The fraction of sp³-hybridized carbons (Fsp3) is 0. The average Bonchev–Trinajstić information content (AvgIpc) is 3.99. The Morgan fingerprint density at radius 3 is 1.45 bits per heavy atom. The van der Waals surface area contributed by atoms with E-state index in [-0.39, 0.29) is 0 Å². The van der Waals surface area contributed by atoms with Crippen LogP contribution in [0.3, 0.4) is 0 Å². The number of hydrogen-bond acceptors (Lipinski definition) is 5. The normalized spacial score (nSPS) is 11.6. The highest BCUT2D eigenvalue weighted by Crippen LogP contribution is 2.47. The summed E-state index contributed by atoms with van der Waals surface area (Å²) in [5.41, 5.74) is 11.9. The van der Waals surface area contributed by atoms with Crippen LogP contribution in [0.2, 0.25) is 0 Å². The molecule has 13 rings (SSSR count). The van der Waals surface area contributed by atoms with Crippen LogP contribution in [0.4, 0.5) is 0 Å². The van der Waals surface area contributed by atoms with Gasteiger partial charge in [-0.2, -0.15) is 0 Å². The number of aromatic nitrogens is 3. The Labute approximate surface area is 389 Å². The monoisotopic (exact) mass is 875 g/mol. The van der Waals surface area contributed by atoms with E-state index in [1.165, 1.54) is 56.9 Å². The molecule has 0 fully saturated rings. The molecule has 308 valence electrons. The van der Waals surface area contributed by atoms with Crippen LogP contribution in [0, 0.1) is 0 Å². The lowest BCUT2D eigenvalue weighted by Crippen LogP contribution is -2.02. The van der Waals surface area contributed by atoms with Crippen molar-refractivity contribution in [2.45, 2.75) is 0 Å². The van der Waals surface area contributed by atoms with Gasteiger partial charge in [0.2, 0.25) is 0 Å². The molecule has 0 spiro atoms. The quantitative estimate of drug-likeness (QED) is 0.160. The fourth-order valence-corrected chi connectivity index (χ4v) is 12.1. The first-order valence-corrected chi connectivity index (χ1v) is 23.8. The van der Waals surface area contributed by atoms with Crippen LogP contribution in [0.15, 0.2) is 224 Å². The molecule has 0 radical (unpaired) electrons. The zero-order valence-corrected chi connectivity index (χ0v) is 37.2. The van der Waals surface area contributed by atoms with Gasteiger partial charge in [0.05, 0.1) is 0 Å². The van der Waals surface area contributed by atoms with Crippen molar-refractivity contribution in [3.05, 3.63) is 224 Å². The number of hydrogen-bond donors (Lipinski definition) is 0. The molecule has 3 aromatic heterocycles. The molecule has 0 N–H and O–H groups in total. The lowest BCUT2D eigenvalue weighted by atomic mass is 9.95. The van der Waals surface area contributed by atoms with Crippen molar-refractivity contribution < 1.29 is 0 Å². The van der Waals surface area contributed by atoms with E-state index in [2.05, 4.69) is 224 Å². The minimum atomic E-state index is 0.617. The second kappa shape index (κ2) is 15.9. The molecule has 66 heavy (non-hydrogen) atoms. The Hall–Kier alpha value is -8.09. The Bertz CT molecular complexity index is 3930. The third-order valence-corrected chi connectivity index (χ3v) is 15.1. The van der Waals surface area contributed by atoms with Crippen molar-refractivity contribution in [2.75, 3.05) is 0 Å². The lowest BCUT2D eigenvalue weighted by molar-refractivity contribution is 1.08. The maximum Gasteiger partial charge on any atom is 0.164 e. The number of fused-ring (bicyclic) bond motifs is 8. The first kappa shape index (κ1) is 38.4. The summed E-state index contributed by atoms with van der Waals surface area (Å²) in [5, 5.41) is 7.44. The Balaban J connectivity index is 1.09. The summed E-state index contributed by atoms with van der Waals surface area (Å²) in [6.07, 6.45) is 0. The van der Waals surface area contributed by atoms with Gasteiger partial charge in [-0.1, -0.05) is 188 Å². The van der Waals surface area contributed by atoms with E-state index in [1.54, 1.807) is 0 Å². The highest BCUT2D eigenvalue weighted by molar-refractivity contribution is 7.26. The molecule has 10 aromatic carbocycles. The number of benzene rings is 10. The topological polar surface area (TPSA) is 38.7 Å². The molecule has 0 saturated carbocycles. The summed E-state index contributed by atoms with van der Waals surface area (Å²) in [4.78, 5) is 16.5. The minimum Gasteiger partial charge on any atom is -0.208 e. The summed E-state index contributed by atoms with van der Waals surface area (Å²) in [5.74, 6) is 1.88. The van der Waals surface area contributed by atoms with Crippen LogP contribution in [-0.4, -0.2) is 15.0 Å². The maximum absolute atomic E-state index is 5.54. The molecule has 3 nitrogen and oxygen atoms in total. The molecule has 0 aliphatic heterocycles. The van der Waals surface area contributed by atoms with Gasteiger partial charge >= 0.3 is 0 Å². The van der Waals surface area contributed by atoms with E-state index >= 15 is 0 Å². The molecule has 13 aromatic rings. The van der Waals surface area contributed by atoms with Gasteiger partial charge in [0.15, 0.2) is 17.5 Å². The molecule has 0 unspecified atom stereocenters. The Morgan fingerprint density at radius 2 is 0.742 bits per heavy atom. The third-order valence-electron chi connectivity index (χ3n) is 12.7. The van der Waals surface area contributed by atoms with Crippen LogP contribution in [0.25, 0.3) is 130 Å². The van der Waals surface area contributed by atoms with E-state index in [9.17, 15) is 0 Å². The standard InChI is InChI=1S/C61H37N3S2/c1-4-17-38(18-5-1)42-35-43(39-19-6-2-7-20-39)37-44(36-42)59-62-60(64-61(63-59)51-30-16-32-53-57(51)56-46(27-15-31-52(56)65-53)40-21-8-3-9-22-40)49-26-13-12-25-47(49)48-28-14-29-50-55-45-24-11-10-23-41(45)33-34-54(55)66-58(48)50/h1-37H. The SMILES string of the molecule is c1ccc(-c2cc(-c3ccccc3)cc(-c3nc(-c4ccccc4-c4cccc5c4sc4ccc6ccccc6c45)nc(-c4cccc5sc6cccc(-c7ccccc7)c6c45)n3)c2)cc1. The molecular formula is C61H37N3S2. The van der Waals surface area contributed by atoms with Crippen LogP contribution >= 0.6 is 22.7 Å². The van der Waals surface area contributed by atoms with E-state index in [0.717, 1.165) is 55.5 Å². The third kappa shape index (κ3) is 6.51. The molecule has 3 heterocycles. The van der Waals surface area contributed by atoms with Gasteiger partial charge in [-0.25, -0.2) is 15.0 Å². The summed E-state index contributed by atoms with van der Waals surface area (Å²) < 4.78 is 4.94. The predicted octanol–water partition coefficient (Wildman–Crippen LogP) is 17.4. The Kier molecular flexibility index (Phi) is 9.22. The van der Waals surface area contributed by atoms with Crippen molar-refractivity contribution in [1.82, 2.24) is 15.0 Å². The molecule has 0 amide bonds. The van der Waals surface area contributed by atoms with E-state index < -0.39 is 0 Å². The van der Waals surface area contributed by atoms with Crippen molar-refractivity contribution >= 4 is 73.8 Å². The average molecular weight is 876 g/mol. The number of rotatable bonds is 7. The highest BCUT2D eigenvalue weighted by Gasteiger charge is 2.22. The van der Waals surface area contributed by atoms with Gasteiger partial charge < -0.3 is 0 Å². The van der Waals surface area contributed by atoms with Crippen LogP contribution in [0.1, 0.15) is 0 Å². The van der Waals surface area contributed by atoms with Crippen LogP contribution in [-0.2, 0) is 0 Å². The molecule has 0 bridgehead atoms. The maximum atomic E-state index is 5.54. The lowest BCUT2D eigenvalue weighted by Gasteiger charge is -2.15. The fourth-order valence-electron chi connectivity index (χ4n) is 9.70. The largest absolute Gasteiger partial charge is 0.208 e. The van der Waals surface area contributed by atoms with Crippen molar-refractivity contribution in [2.24, 2.45) is 0 Å². The Morgan fingerprint density at radius 1 is 0.258 bits per heavy atom. The molecule has 0 saturated heterocycles. The zero-order chi connectivity index (χ0) is 43.6. The summed E-state index contributed by atoms with van der Waals surface area (Å²) >= 11 is 3.66.